The number of nitrogens with zero attached hydrogens (tertiary/aromatic N) is 4. The average molecular weight is 388 g/mol. The van der Waals surface area contributed by atoms with Crippen LogP contribution in [0.5, 0.6) is 0 Å². The van der Waals surface area contributed by atoms with Gasteiger partial charge in [-0.05, 0) is 37.1 Å². The molecule has 1 fully saturated rings. The third kappa shape index (κ3) is 4.06. The lowest BCUT2D eigenvalue weighted by Gasteiger charge is -2.41. The first-order chi connectivity index (χ1) is 14.0. The van der Waals surface area contributed by atoms with E-state index in [1.165, 1.54) is 0 Å². The van der Waals surface area contributed by atoms with Gasteiger partial charge in [-0.3, -0.25) is 14.3 Å². The van der Waals surface area contributed by atoms with Gasteiger partial charge < -0.3 is 9.80 Å². The summed E-state index contributed by atoms with van der Waals surface area (Å²) in [6, 6.07) is 19.5. The second-order valence-electron chi connectivity index (χ2n) is 7.49. The summed E-state index contributed by atoms with van der Waals surface area (Å²) in [5.74, 6) is -0.286. The number of benzene rings is 2. The molecule has 6 heteroatoms. The Labute approximate surface area is 170 Å². The normalized spacial score (nSPS) is 16.9. The first-order valence-electron chi connectivity index (χ1n) is 9.73. The molecule has 1 aliphatic heterocycles. The first kappa shape index (κ1) is 18.9. The molecule has 1 aliphatic rings. The number of rotatable bonds is 4. The highest BCUT2D eigenvalue weighted by molar-refractivity contribution is 6.01. The molecule has 0 N–H and O–H groups in total. The second-order valence-corrected chi connectivity index (χ2v) is 7.49. The Morgan fingerprint density at radius 3 is 2.45 bits per heavy atom. The van der Waals surface area contributed by atoms with E-state index in [1.54, 1.807) is 33.8 Å². The van der Waals surface area contributed by atoms with E-state index in [1.807, 2.05) is 49.4 Å². The van der Waals surface area contributed by atoms with Crippen LogP contribution in [0.1, 0.15) is 21.6 Å². The molecule has 0 bridgehead atoms. The Balaban J connectivity index is 1.64. The van der Waals surface area contributed by atoms with E-state index in [0.29, 0.717) is 18.7 Å². The molecular weight excluding hydrogens is 364 g/mol. The fourth-order valence-corrected chi connectivity index (χ4v) is 3.72. The lowest BCUT2D eigenvalue weighted by atomic mass is 10.0. The van der Waals surface area contributed by atoms with Crippen LogP contribution in [0, 0.1) is 6.92 Å². The minimum Gasteiger partial charge on any atom is -0.323 e. The first-order valence-corrected chi connectivity index (χ1v) is 9.73. The van der Waals surface area contributed by atoms with Gasteiger partial charge in [-0.2, -0.15) is 5.10 Å². The maximum atomic E-state index is 13.1. The maximum absolute atomic E-state index is 13.1. The number of anilines is 1. The van der Waals surface area contributed by atoms with E-state index < -0.39 is 0 Å². The molecule has 2 heterocycles. The molecule has 6 nitrogen and oxygen atoms in total. The SMILES string of the molecule is Cc1ccc(N2C[C@H](Cc3ccccc3)N(C(=O)c3ccn(C)n3)CC2=O)cc1. The molecule has 0 aliphatic carbocycles. The Morgan fingerprint density at radius 2 is 1.79 bits per heavy atom. The van der Waals surface area contributed by atoms with Crippen molar-refractivity contribution in [1.29, 1.82) is 0 Å². The summed E-state index contributed by atoms with van der Waals surface area (Å²) in [4.78, 5) is 29.5. The smallest absolute Gasteiger partial charge is 0.275 e. The predicted octanol–water partition coefficient (Wildman–Crippen LogP) is 2.83. The zero-order valence-electron chi connectivity index (χ0n) is 16.7. The van der Waals surface area contributed by atoms with Crippen molar-refractivity contribution in [3.63, 3.8) is 0 Å². The van der Waals surface area contributed by atoms with E-state index in [4.69, 9.17) is 0 Å². The molecule has 148 valence electrons. The van der Waals surface area contributed by atoms with Gasteiger partial charge in [0.1, 0.15) is 12.2 Å². The quantitative estimate of drug-likeness (QED) is 0.691. The van der Waals surface area contributed by atoms with Gasteiger partial charge in [0.15, 0.2) is 0 Å². The Bertz CT molecular complexity index is 1010. The van der Waals surface area contributed by atoms with E-state index >= 15 is 0 Å². The largest absolute Gasteiger partial charge is 0.323 e. The van der Waals surface area contributed by atoms with Gasteiger partial charge in [0.2, 0.25) is 5.91 Å². The van der Waals surface area contributed by atoms with Crippen molar-refractivity contribution < 1.29 is 9.59 Å². The Hall–Kier alpha value is -3.41. The Morgan fingerprint density at radius 1 is 1.07 bits per heavy atom. The monoisotopic (exact) mass is 388 g/mol. The van der Waals surface area contributed by atoms with Crippen molar-refractivity contribution in [2.24, 2.45) is 7.05 Å². The van der Waals surface area contributed by atoms with Gasteiger partial charge in [0, 0.05) is 25.5 Å². The predicted molar refractivity (Wildman–Crippen MR) is 112 cm³/mol. The molecule has 1 aromatic heterocycles. The van der Waals surface area contributed by atoms with Crippen molar-refractivity contribution >= 4 is 17.5 Å². The number of hydrogen-bond acceptors (Lipinski definition) is 3. The zero-order valence-corrected chi connectivity index (χ0v) is 16.7. The lowest BCUT2D eigenvalue weighted by molar-refractivity contribution is -0.121. The molecule has 4 rings (SSSR count). The highest BCUT2D eigenvalue weighted by atomic mass is 16.2. The summed E-state index contributed by atoms with van der Waals surface area (Å²) in [6.45, 7) is 2.52. The molecule has 3 aromatic rings. The van der Waals surface area contributed by atoms with Crippen LogP contribution in [-0.2, 0) is 18.3 Å². The number of aromatic nitrogens is 2. The van der Waals surface area contributed by atoms with Crippen molar-refractivity contribution in [2.75, 3.05) is 18.0 Å². The van der Waals surface area contributed by atoms with Crippen LogP contribution in [0.3, 0.4) is 0 Å². The number of hydrogen-bond donors (Lipinski definition) is 0. The van der Waals surface area contributed by atoms with Crippen LogP contribution in [0.2, 0.25) is 0 Å². The molecule has 0 unspecified atom stereocenters. The maximum Gasteiger partial charge on any atom is 0.275 e. The van der Waals surface area contributed by atoms with Crippen LogP contribution < -0.4 is 4.90 Å². The fourth-order valence-electron chi connectivity index (χ4n) is 3.72. The van der Waals surface area contributed by atoms with Crippen molar-refractivity contribution in [3.8, 4) is 0 Å². The molecule has 0 spiro atoms. The molecule has 1 saturated heterocycles. The van der Waals surface area contributed by atoms with E-state index in [0.717, 1.165) is 16.8 Å². The minimum absolute atomic E-state index is 0.0424. The molecule has 29 heavy (non-hydrogen) atoms. The summed E-state index contributed by atoms with van der Waals surface area (Å²) in [5.41, 5.74) is 3.51. The van der Waals surface area contributed by atoms with Crippen molar-refractivity contribution in [3.05, 3.63) is 83.7 Å². The second kappa shape index (κ2) is 7.91. The average Bonchev–Trinajstić information content (AvgIpc) is 3.16. The van der Waals surface area contributed by atoms with Gasteiger partial charge in [0.05, 0.1) is 6.04 Å². The van der Waals surface area contributed by atoms with Gasteiger partial charge in [-0.25, -0.2) is 0 Å². The molecule has 0 radical (unpaired) electrons. The third-order valence-electron chi connectivity index (χ3n) is 5.29. The van der Waals surface area contributed by atoms with Crippen LogP contribution in [0.25, 0.3) is 0 Å². The summed E-state index contributed by atoms with van der Waals surface area (Å²) in [7, 11) is 1.78. The highest BCUT2D eigenvalue weighted by Crippen LogP contribution is 2.24. The summed E-state index contributed by atoms with van der Waals surface area (Å²) in [5, 5.41) is 4.24. The minimum atomic E-state index is -0.205. The summed E-state index contributed by atoms with van der Waals surface area (Å²) in [6.07, 6.45) is 2.42. The number of carbonyl (C=O) groups excluding carboxylic acids is 2. The third-order valence-corrected chi connectivity index (χ3v) is 5.29. The number of piperazine rings is 1. The van der Waals surface area contributed by atoms with Crippen molar-refractivity contribution in [2.45, 2.75) is 19.4 Å². The van der Waals surface area contributed by atoms with Gasteiger partial charge in [-0.1, -0.05) is 48.0 Å². The van der Waals surface area contributed by atoms with Crippen LogP contribution in [0.15, 0.2) is 66.9 Å². The summed E-state index contributed by atoms with van der Waals surface area (Å²) >= 11 is 0. The Kier molecular flexibility index (Phi) is 5.16. The molecular formula is C23H24N4O2. The highest BCUT2D eigenvalue weighted by Gasteiger charge is 2.36. The lowest BCUT2D eigenvalue weighted by Crippen LogP contribution is -2.59. The van der Waals surface area contributed by atoms with Crippen LogP contribution >= 0.6 is 0 Å². The van der Waals surface area contributed by atoms with E-state index in [-0.39, 0.29) is 24.4 Å². The van der Waals surface area contributed by atoms with Gasteiger partial charge >= 0.3 is 0 Å². The molecule has 2 amide bonds. The molecule has 1 atom stereocenters. The van der Waals surface area contributed by atoms with Crippen LogP contribution in [-0.4, -0.2) is 45.6 Å². The summed E-state index contributed by atoms with van der Waals surface area (Å²) < 4.78 is 1.60. The number of amides is 2. The number of aryl methyl sites for hydroxylation is 2. The van der Waals surface area contributed by atoms with Crippen LogP contribution in [0.4, 0.5) is 5.69 Å². The van der Waals surface area contributed by atoms with E-state index in [2.05, 4.69) is 17.2 Å². The standard InChI is InChI=1S/C23H24N4O2/c1-17-8-10-19(11-9-17)26-15-20(14-18-6-4-3-5-7-18)27(16-22(26)28)23(29)21-12-13-25(2)24-21/h3-13,20H,14-16H2,1-2H3/t20-/m0/s1. The van der Waals surface area contributed by atoms with Crippen molar-refractivity contribution in [1.82, 2.24) is 14.7 Å². The number of carbonyl (C=O) groups is 2. The van der Waals surface area contributed by atoms with Gasteiger partial charge in [0.25, 0.3) is 5.91 Å². The topological polar surface area (TPSA) is 58.4 Å². The zero-order chi connectivity index (χ0) is 20.4. The van der Waals surface area contributed by atoms with E-state index in [9.17, 15) is 9.59 Å². The molecule has 0 saturated carbocycles. The van der Waals surface area contributed by atoms with Gasteiger partial charge in [-0.15, -0.1) is 0 Å². The molecule has 2 aromatic carbocycles. The fraction of sp³-hybridized carbons (Fsp3) is 0.261.